The van der Waals surface area contributed by atoms with Crippen molar-refractivity contribution >= 4 is 16.0 Å². The van der Waals surface area contributed by atoms with Crippen molar-refractivity contribution in [2.24, 2.45) is 0 Å². The molecular formula is C22H29N7O4S. The zero-order chi connectivity index (χ0) is 24.5. The van der Waals surface area contributed by atoms with Crippen LogP contribution in [0.25, 0.3) is 11.5 Å². The molecule has 0 aliphatic heterocycles. The predicted molar refractivity (Wildman–Crippen MR) is 126 cm³/mol. The normalized spacial score (nSPS) is 15.8. The molecule has 0 amide bonds. The molecule has 0 aromatic carbocycles. The van der Waals surface area contributed by atoms with Gasteiger partial charge in [0.25, 0.3) is 0 Å². The van der Waals surface area contributed by atoms with E-state index in [0.717, 1.165) is 18.4 Å². The largest absolute Gasteiger partial charge is 0.481 e. The molecule has 1 N–H and O–H groups in total. The molecule has 2 unspecified atom stereocenters. The number of aromatic nitrogens is 6. The third-order valence-corrected chi connectivity index (χ3v) is 7.09. The highest BCUT2D eigenvalue weighted by molar-refractivity contribution is 7.93. The van der Waals surface area contributed by atoms with E-state index in [9.17, 15) is 8.42 Å². The SMILES string of the molecule is COc1cccc(-c2nnc(NS(=O)(=O)C(C)C(OC(C)C)c3ncc(C)cn3)n2C2CC2)n1. The summed E-state index contributed by atoms with van der Waals surface area (Å²) in [5.41, 5.74) is 1.42. The number of pyridine rings is 1. The molecule has 11 nitrogen and oxygen atoms in total. The summed E-state index contributed by atoms with van der Waals surface area (Å²) in [5, 5.41) is 7.39. The second-order valence-corrected chi connectivity index (χ2v) is 10.6. The molecule has 34 heavy (non-hydrogen) atoms. The van der Waals surface area contributed by atoms with E-state index >= 15 is 0 Å². The summed E-state index contributed by atoms with van der Waals surface area (Å²) in [6.45, 7) is 7.11. The summed E-state index contributed by atoms with van der Waals surface area (Å²) < 4.78 is 42.4. The van der Waals surface area contributed by atoms with Crippen molar-refractivity contribution in [2.45, 2.75) is 64.0 Å². The van der Waals surface area contributed by atoms with Gasteiger partial charge in [0.05, 0.1) is 13.2 Å². The molecule has 3 heterocycles. The van der Waals surface area contributed by atoms with Crippen LogP contribution in [0.3, 0.4) is 0 Å². The zero-order valence-corrected chi connectivity index (χ0v) is 20.7. The van der Waals surface area contributed by atoms with Gasteiger partial charge in [-0.15, -0.1) is 10.2 Å². The first kappa shape index (κ1) is 24.0. The number of methoxy groups -OCH3 is 1. The van der Waals surface area contributed by atoms with Gasteiger partial charge in [-0.2, -0.15) is 0 Å². The highest BCUT2D eigenvalue weighted by Gasteiger charge is 2.37. The molecular weight excluding hydrogens is 458 g/mol. The summed E-state index contributed by atoms with van der Waals surface area (Å²) in [6.07, 6.45) is 3.99. The molecule has 1 aliphatic carbocycles. The Kier molecular flexibility index (Phi) is 6.80. The maximum absolute atomic E-state index is 13.4. The maximum atomic E-state index is 13.4. The minimum atomic E-state index is -3.95. The standard InChI is InChI=1S/C22H29N7O4S/c1-13(2)33-19(20-23-11-14(3)12-24-20)15(4)34(30,31)28-22-27-26-21(29(22)16-9-10-16)17-7-6-8-18(25-17)32-5/h6-8,11-13,15-16,19H,9-10H2,1-5H3,(H,27,28). The van der Waals surface area contributed by atoms with E-state index in [1.807, 2.05) is 20.8 Å². The Morgan fingerprint density at radius 3 is 2.44 bits per heavy atom. The molecule has 0 spiro atoms. The molecule has 2 atom stereocenters. The fourth-order valence-corrected chi connectivity index (χ4v) is 4.57. The Bertz CT molecular complexity index is 1240. The second-order valence-electron chi connectivity index (χ2n) is 8.59. The highest BCUT2D eigenvalue weighted by atomic mass is 32.2. The molecule has 12 heteroatoms. The minimum Gasteiger partial charge on any atom is -0.481 e. The van der Waals surface area contributed by atoms with Gasteiger partial charge in [0.15, 0.2) is 11.6 Å². The third-order valence-electron chi connectivity index (χ3n) is 5.39. The van der Waals surface area contributed by atoms with Crippen LogP contribution >= 0.6 is 0 Å². The quantitative estimate of drug-likeness (QED) is 0.458. The van der Waals surface area contributed by atoms with Gasteiger partial charge in [0.2, 0.25) is 21.9 Å². The summed E-state index contributed by atoms with van der Waals surface area (Å²) in [5.74, 6) is 1.36. The van der Waals surface area contributed by atoms with Crippen molar-refractivity contribution in [1.29, 1.82) is 0 Å². The second kappa shape index (κ2) is 9.63. The molecule has 0 radical (unpaired) electrons. The molecule has 182 valence electrons. The van der Waals surface area contributed by atoms with Gasteiger partial charge >= 0.3 is 0 Å². The van der Waals surface area contributed by atoms with Gasteiger partial charge < -0.3 is 9.47 Å². The van der Waals surface area contributed by atoms with Crippen LogP contribution in [0.4, 0.5) is 5.95 Å². The van der Waals surface area contributed by atoms with Crippen molar-refractivity contribution in [3.63, 3.8) is 0 Å². The van der Waals surface area contributed by atoms with Gasteiger partial charge in [-0.05, 0) is 52.2 Å². The van der Waals surface area contributed by atoms with Crippen molar-refractivity contribution in [3.05, 3.63) is 42.0 Å². The van der Waals surface area contributed by atoms with Gasteiger partial charge in [-0.3, -0.25) is 9.29 Å². The predicted octanol–water partition coefficient (Wildman–Crippen LogP) is 3.08. The molecule has 0 bridgehead atoms. The molecule has 3 aromatic rings. The van der Waals surface area contributed by atoms with E-state index in [1.165, 1.54) is 7.11 Å². The van der Waals surface area contributed by atoms with Crippen LogP contribution in [-0.4, -0.2) is 56.6 Å². The van der Waals surface area contributed by atoms with E-state index in [4.69, 9.17) is 9.47 Å². The van der Waals surface area contributed by atoms with E-state index < -0.39 is 21.4 Å². The maximum Gasteiger partial charge on any atom is 0.240 e. The average molecular weight is 488 g/mol. The molecule has 1 fully saturated rings. The number of hydrogen-bond donors (Lipinski definition) is 1. The van der Waals surface area contributed by atoms with E-state index in [2.05, 4.69) is 29.9 Å². The first-order valence-corrected chi connectivity index (χ1v) is 12.7. The van der Waals surface area contributed by atoms with Crippen LogP contribution in [0, 0.1) is 6.92 Å². The number of nitrogens with one attached hydrogen (secondary N) is 1. The van der Waals surface area contributed by atoms with Gasteiger partial charge in [-0.1, -0.05) is 6.07 Å². The topological polar surface area (TPSA) is 134 Å². The molecule has 1 saturated carbocycles. The number of aryl methyl sites for hydroxylation is 1. The fourth-order valence-electron chi connectivity index (χ4n) is 3.47. The lowest BCUT2D eigenvalue weighted by Crippen LogP contribution is -2.35. The molecule has 1 aliphatic rings. The first-order chi connectivity index (χ1) is 16.2. The summed E-state index contributed by atoms with van der Waals surface area (Å²) >= 11 is 0. The lowest BCUT2D eigenvalue weighted by atomic mass is 10.2. The summed E-state index contributed by atoms with van der Waals surface area (Å²) in [7, 11) is -2.42. The number of rotatable bonds is 10. The van der Waals surface area contributed by atoms with Crippen molar-refractivity contribution in [3.8, 4) is 17.4 Å². The van der Waals surface area contributed by atoms with Gasteiger partial charge in [0.1, 0.15) is 17.0 Å². The number of anilines is 1. The van der Waals surface area contributed by atoms with Crippen LogP contribution < -0.4 is 9.46 Å². The van der Waals surface area contributed by atoms with E-state index in [1.54, 1.807) is 42.1 Å². The first-order valence-electron chi connectivity index (χ1n) is 11.1. The van der Waals surface area contributed by atoms with E-state index in [0.29, 0.717) is 23.2 Å². The van der Waals surface area contributed by atoms with Crippen LogP contribution in [0.5, 0.6) is 5.88 Å². The molecule has 0 saturated heterocycles. The Labute approximate surface area is 199 Å². The lowest BCUT2D eigenvalue weighted by Gasteiger charge is -2.25. The zero-order valence-electron chi connectivity index (χ0n) is 19.8. The highest BCUT2D eigenvalue weighted by Crippen LogP contribution is 2.40. The monoisotopic (exact) mass is 487 g/mol. The lowest BCUT2D eigenvalue weighted by molar-refractivity contribution is 0.00152. The van der Waals surface area contributed by atoms with Crippen molar-refractivity contribution in [2.75, 3.05) is 11.8 Å². The summed E-state index contributed by atoms with van der Waals surface area (Å²) in [4.78, 5) is 13.0. The van der Waals surface area contributed by atoms with Crippen LogP contribution in [0.2, 0.25) is 0 Å². The van der Waals surface area contributed by atoms with Crippen LogP contribution in [0.15, 0.2) is 30.6 Å². The summed E-state index contributed by atoms with van der Waals surface area (Å²) in [6, 6.07) is 5.41. The van der Waals surface area contributed by atoms with Crippen molar-refractivity contribution < 1.29 is 17.9 Å². The Morgan fingerprint density at radius 1 is 1.12 bits per heavy atom. The number of ether oxygens (including phenoxy) is 2. The van der Waals surface area contributed by atoms with Crippen LogP contribution in [-0.2, 0) is 14.8 Å². The number of nitrogens with zero attached hydrogens (tertiary/aromatic N) is 6. The fraction of sp³-hybridized carbons (Fsp3) is 0.500. The Morgan fingerprint density at radius 2 is 1.82 bits per heavy atom. The minimum absolute atomic E-state index is 0.0918. The van der Waals surface area contributed by atoms with Crippen LogP contribution in [0.1, 0.15) is 57.1 Å². The van der Waals surface area contributed by atoms with Gasteiger partial charge in [0, 0.05) is 24.5 Å². The number of sulfonamides is 1. The Balaban J connectivity index is 1.65. The van der Waals surface area contributed by atoms with Crippen molar-refractivity contribution in [1.82, 2.24) is 29.7 Å². The Hall–Kier alpha value is -3.12. The van der Waals surface area contributed by atoms with Gasteiger partial charge in [-0.25, -0.2) is 23.4 Å². The third kappa shape index (κ3) is 5.17. The average Bonchev–Trinajstić information content (AvgIpc) is 3.57. The van der Waals surface area contributed by atoms with E-state index in [-0.39, 0.29) is 18.1 Å². The number of hydrogen-bond acceptors (Lipinski definition) is 9. The molecule has 3 aromatic heterocycles. The molecule has 4 rings (SSSR count). The smallest absolute Gasteiger partial charge is 0.240 e.